The van der Waals surface area contributed by atoms with Crippen LogP contribution in [-0.4, -0.2) is 12.1 Å². The van der Waals surface area contributed by atoms with Crippen molar-refractivity contribution in [2.24, 2.45) is 0 Å². The van der Waals surface area contributed by atoms with E-state index >= 15 is 0 Å². The van der Waals surface area contributed by atoms with E-state index < -0.39 is 0 Å². The quantitative estimate of drug-likeness (QED) is 0.676. The average molecular weight is 275 g/mol. The van der Waals surface area contributed by atoms with Crippen LogP contribution in [0.1, 0.15) is 11.1 Å². The molecule has 0 amide bonds. The van der Waals surface area contributed by atoms with Crippen LogP contribution in [0.4, 0.5) is 0 Å². The molecule has 0 fully saturated rings. The molecule has 2 heteroatoms. The second-order valence-corrected chi connectivity index (χ2v) is 4.78. The van der Waals surface area contributed by atoms with E-state index in [0.717, 1.165) is 17.0 Å². The Hall–Kier alpha value is -2.74. The topological polar surface area (TPSA) is 25.0 Å². The normalized spacial score (nSPS) is 10.9. The molecule has 3 rings (SSSR count). The molecule has 3 aromatic rings. The summed E-state index contributed by atoms with van der Waals surface area (Å²) in [7, 11) is 1.68. The highest BCUT2D eigenvalue weighted by atomic mass is 16.5. The van der Waals surface area contributed by atoms with Crippen LogP contribution < -0.4 is 4.74 Å². The van der Waals surface area contributed by atoms with Crippen molar-refractivity contribution >= 4 is 12.2 Å². The molecule has 104 valence electrons. The van der Waals surface area contributed by atoms with Crippen molar-refractivity contribution < 1.29 is 4.74 Å². The first-order chi connectivity index (χ1) is 10.4. The maximum atomic E-state index is 5.17. The summed E-state index contributed by atoms with van der Waals surface area (Å²) >= 11 is 0. The second-order valence-electron chi connectivity index (χ2n) is 4.78. The smallest absolute Gasteiger partial charge is 0.118 e. The van der Waals surface area contributed by atoms with Crippen molar-refractivity contribution in [1.29, 1.82) is 0 Å². The summed E-state index contributed by atoms with van der Waals surface area (Å²) in [6, 6.07) is 20.5. The highest BCUT2D eigenvalue weighted by Crippen LogP contribution is 2.24. The molecular formula is C19H17NO. The van der Waals surface area contributed by atoms with Crippen LogP contribution in [-0.2, 0) is 0 Å². The summed E-state index contributed by atoms with van der Waals surface area (Å²) in [4.78, 5) is 3.26. The highest BCUT2D eigenvalue weighted by Gasteiger charge is 2.02. The third-order valence-electron chi connectivity index (χ3n) is 3.42. The third kappa shape index (κ3) is 3.06. The zero-order valence-electron chi connectivity index (χ0n) is 11.9. The van der Waals surface area contributed by atoms with Gasteiger partial charge in [-0.25, -0.2) is 0 Å². The lowest BCUT2D eigenvalue weighted by molar-refractivity contribution is 0.415. The van der Waals surface area contributed by atoms with E-state index in [9.17, 15) is 0 Å². The Bertz CT molecular complexity index is 725. The zero-order valence-corrected chi connectivity index (χ0v) is 11.9. The Morgan fingerprint density at radius 1 is 0.857 bits per heavy atom. The molecule has 0 spiro atoms. The molecule has 0 saturated carbocycles. The Kier molecular flexibility index (Phi) is 3.88. The number of methoxy groups -OCH3 is 1. The molecule has 0 unspecified atom stereocenters. The van der Waals surface area contributed by atoms with Crippen LogP contribution in [0.15, 0.2) is 66.9 Å². The van der Waals surface area contributed by atoms with Gasteiger partial charge in [-0.05, 0) is 35.4 Å². The van der Waals surface area contributed by atoms with Crippen LogP contribution in [0.2, 0.25) is 0 Å². The summed E-state index contributed by atoms with van der Waals surface area (Å²) in [5.74, 6) is 0.874. The van der Waals surface area contributed by atoms with Crippen molar-refractivity contribution in [1.82, 2.24) is 4.98 Å². The lowest BCUT2D eigenvalue weighted by Crippen LogP contribution is -1.83. The number of aromatic amines is 1. The van der Waals surface area contributed by atoms with Crippen LogP contribution in [0, 0.1) is 0 Å². The molecule has 2 nitrogen and oxygen atoms in total. The predicted octanol–water partition coefficient (Wildman–Crippen LogP) is 4.86. The number of hydrogen-bond donors (Lipinski definition) is 1. The number of H-pyrrole nitrogens is 1. The summed E-state index contributed by atoms with van der Waals surface area (Å²) in [5.41, 5.74) is 4.67. The number of benzene rings is 2. The fourth-order valence-electron chi connectivity index (χ4n) is 2.29. The molecule has 21 heavy (non-hydrogen) atoms. The summed E-state index contributed by atoms with van der Waals surface area (Å²) in [5, 5.41) is 0. The molecule has 0 saturated heterocycles. The lowest BCUT2D eigenvalue weighted by Gasteiger charge is -2.04. The van der Waals surface area contributed by atoms with Gasteiger partial charge in [-0.1, -0.05) is 48.6 Å². The number of ether oxygens (including phenoxy) is 1. The first-order valence-electron chi connectivity index (χ1n) is 6.92. The molecule has 1 N–H and O–H groups in total. The van der Waals surface area contributed by atoms with Gasteiger partial charge in [0, 0.05) is 17.5 Å². The van der Waals surface area contributed by atoms with Gasteiger partial charge < -0.3 is 9.72 Å². The molecular weight excluding hydrogens is 258 g/mol. The van der Waals surface area contributed by atoms with E-state index in [-0.39, 0.29) is 0 Å². The van der Waals surface area contributed by atoms with E-state index in [1.807, 2.05) is 36.5 Å². The first-order valence-corrected chi connectivity index (χ1v) is 6.92. The standard InChI is InChI=1S/C19H17NO/c1-21-17-12-9-15(10-13-17)8-11-16-5-2-3-6-18(16)19-7-4-14-20-19/h2-14,20H,1H3/b11-8-. The van der Waals surface area contributed by atoms with Crippen molar-refractivity contribution in [3.8, 4) is 17.0 Å². The number of rotatable bonds is 4. The zero-order chi connectivity index (χ0) is 14.5. The number of aromatic nitrogens is 1. The molecule has 0 bridgehead atoms. The summed E-state index contributed by atoms with van der Waals surface area (Å²) in [6.45, 7) is 0. The largest absolute Gasteiger partial charge is 0.497 e. The molecule has 2 aromatic carbocycles. The summed E-state index contributed by atoms with van der Waals surface area (Å²) in [6.07, 6.45) is 6.19. The van der Waals surface area contributed by atoms with E-state index in [0.29, 0.717) is 0 Å². The van der Waals surface area contributed by atoms with Crippen molar-refractivity contribution in [2.75, 3.05) is 7.11 Å². The Morgan fingerprint density at radius 3 is 2.38 bits per heavy atom. The molecule has 0 aliphatic heterocycles. The molecule has 0 radical (unpaired) electrons. The SMILES string of the molecule is COc1ccc(/C=C\c2ccccc2-c2ccc[nH]2)cc1. The van der Waals surface area contributed by atoms with Crippen LogP contribution in [0.3, 0.4) is 0 Å². The van der Waals surface area contributed by atoms with Gasteiger partial charge in [-0.15, -0.1) is 0 Å². The van der Waals surface area contributed by atoms with Gasteiger partial charge >= 0.3 is 0 Å². The maximum Gasteiger partial charge on any atom is 0.118 e. The van der Waals surface area contributed by atoms with E-state index in [4.69, 9.17) is 4.74 Å². The monoisotopic (exact) mass is 275 g/mol. The van der Waals surface area contributed by atoms with Crippen LogP contribution in [0.5, 0.6) is 5.75 Å². The van der Waals surface area contributed by atoms with Gasteiger partial charge in [0.1, 0.15) is 5.75 Å². The third-order valence-corrected chi connectivity index (χ3v) is 3.42. The minimum Gasteiger partial charge on any atom is -0.497 e. The van der Waals surface area contributed by atoms with E-state index in [2.05, 4.69) is 47.5 Å². The number of hydrogen-bond acceptors (Lipinski definition) is 1. The van der Waals surface area contributed by atoms with Crippen molar-refractivity contribution in [3.05, 3.63) is 78.0 Å². The number of nitrogens with one attached hydrogen (secondary N) is 1. The van der Waals surface area contributed by atoms with Crippen molar-refractivity contribution in [2.45, 2.75) is 0 Å². The van der Waals surface area contributed by atoms with Crippen LogP contribution >= 0.6 is 0 Å². The van der Waals surface area contributed by atoms with Gasteiger partial charge in [0.05, 0.1) is 7.11 Å². The van der Waals surface area contributed by atoms with E-state index in [1.54, 1.807) is 7.11 Å². The lowest BCUT2D eigenvalue weighted by atomic mass is 10.0. The second kappa shape index (κ2) is 6.14. The van der Waals surface area contributed by atoms with Gasteiger partial charge in [0.2, 0.25) is 0 Å². The maximum absolute atomic E-state index is 5.17. The Morgan fingerprint density at radius 2 is 1.67 bits per heavy atom. The van der Waals surface area contributed by atoms with Crippen molar-refractivity contribution in [3.63, 3.8) is 0 Å². The minimum atomic E-state index is 0.874. The molecule has 1 heterocycles. The average Bonchev–Trinajstić information content (AvgIpc) is 3.08. The van der Waals surface area contributed by atoms with Gasteiger partial charge in [-0.2, -0.15) is 0 Å². The predicted molar refractivity (Wildman–Crippen MR) is 88.2 cm³/mol. The highest BCUT2D eigenvalue weighted by molar-refractivity contribution is 5.79. The minimum absolute atomic E-state index is 0.874. The fraction of sp³-hybridized carbons (Fsp3) is 0.0526. The summed E-state index contributed by atoms with van der Waals surface area (Å²) < 4.78 is 5.17. The van der Waals surface area contributed by atoms with E-state index in [1.165, 1.54) is 11.1 Å². The Balaban J connectivity index is 1.89. The van der Waals surface area contributed by atoms with Crippen LogP contribution in [0.25, 0.3) is 23.4 Å². The molecule has 0 atom stereocenters. The molecule has 0 aliphatic rings. The van der Waals surface area contributed by atoms with Gasteiger partial charge in [-0.3, -0.25) is 0 Å². The van der Waals surface area contributed by atoms with Gasteiger partial charge in [0.15, 0.2) is 0 Å². The fourth-order valence-corrected chi connectivity index (χ4v) is 2.29. The Labute approximate surface area is 124 Å². The van der Waals surface area contributed by atoms with Gasteiger partial charge in [0.25, 0.3) is 0 Å². The first kappa shape index (κ1) is 13.3. The molecule has 1 aromatic heterocycles. The molecule has 0 aliphatic carbocycles.